The van der Waals surface area contributed by atoms with Gasteiger partial charge in [-0.2, -0.15) is 4.37 Å². The van der Waals surface area contributed by atoms with Gasteiger partial charge in [0.1, 0.15) is 6.61 Å². The van der Waals surface area contributed by atoms with Crippen LogP contribution in [0.15, 0.2) is 30.3 Å². The average Bonchev–Trinajstić information content (AvgIpc) is 3.11. The van der Waals surface area contributed by atoms with Crippen LogP contribution in [0.2, 0.25) is 0 Å². The fourth-order valence-electron chi connectivity index (χ4n) is 3.04. The van der Waals surface area contributed by atoms with Crippen molar-refractivity contribution in [1.29, 1.82) is 0 Å². The molecule has 0 spiro atoms. The number of amides is 1. The summed E-state index contributed by atoms with van der Waals surface area (Å²) in [4.78, 5) is 21.7. The maximum Gasteiger partial charge on any atom is 0.232 e. The van der Waals surface area contributed by atoms with Gasteiger partial charge in [0.2, 0.25) is 11.0 Å². The lowest BCUT2D eigenvalue weighted by Gasteiger charge is -2.38. The highest BCUT2D eigenvalue weighted by Gasteiger charge is 2.35. The number of piperazine rings is 1. The number of nitrogens with zero attached hydrogens (tertiary/aromatic N) is 4. The molecule has 3 rings (SSSR count). The second kappa shape index (κ2) is 7.49. The number of methoxy groups -OCH3 is 1. The van der Waals surface area contributed by atoms with Gasteiger partial charge < -0.3 is 14.5 Å². The highest BCUT2D eigenvalue weighted by atomic mass is 32.1. The third-order valence-electron chi connectivity index (χ3n) is 4.60. The Morgan fingerprint density at radius 2 is 1.88 bits per heavy atom. The highest BCUT2D eigenvalue weighted by molar-refractivity contribution is 7.09. The van der Waals surface area contributed by atoms with Crippen LogP contribution >= 0.6 is 11.5 Å². The van der Waals surface area contributed by atoms with Gasteiger partial charge in [-0.1, -0.05) is 30.3 Å². The van der Waals surface area contributed by atoms with Gasteiger partial charge in [-0.15, -0.1) is 0 Å². The molecular weight excluding hydrogens is 336 g/mol. The van der Waals surface area contributed by atoms with Gasteiger partial charge in [0.15, 0.2) is 5.82 Å². The molecule has 0 bridgehead atoms. The monoisotopic (exact) mass is 360 g/mol. The molecule has 6 nitrogen and oxygen atoms in total. The van der Waals surface area contributed by atoms with Crippen molar-refractivity contribution in [3.8, 4) is 0 Å². The molecule has 1 aliphatic rings. The largest absolute Gasteiger partial charge is 0.377 e. The maximum atomic E-state index is 13.0. The van der Waals surface area contributed by atoms with Gasteiger partial charge in [0.25, 0.3) is 0 Å². The summed E-state index contributed by atoms with van der Waals surface area (Å²) in [7, 11) is 1.64. The molecule has 0 radical (unpaired) electrons. The topological polar surface area (TPSA) is 58.6 Å². The molecular formula is C18H24N4O2S. The molecule has 1 saturated heterocycles. The van der Waals surface area contributed by atoms with Crippen molar-refractivity contribution < 1.29 is 9.53 Å². The van der Waals surface area contributed by atoms with E-state index in [0.717, 1.165) is 23.8 Å². The first-order chi connectivity index (χ1) is 12.0. The smallest absolute Gasteiger partial charge is 0.232 e. The molecule has 1 aliphatic heterocycles. The normalized spacial score (nSPS) is 15.5. The summed E-state index contributed by atoms with van der Waals surface area (Å²) < 4.78 is 9.36. The van der Waals surface area contributed by atoms with Crippen molar-refractivity contribution in [3.05, 3.63) is 41.7 Å². The van der Waals surface area contributed by atoms with Crippen LogP contribution in [0.1, 0.15) is 25.2 Å². The summed E-state index contributed by atoms with van der Waals surface area (Å²) in [6.07, 6.45) is 0. The van der Waals surface area contributed by atoms with Crippen LogP contribution in [0.3, 0.4) is 0 Å². The van der Waals surface area contributed by atoms with Crippen LogP contribution in [0.4, 0.5) is 5.13 Å². The minimum absolute atomic E-state index is 0.177. The Hall–Kier alpha value is -1.99. The number of aromatic nitrogens is 2. The van der Waals surface area contributed by atoms with E-state index in [2.05, 4.69) is 14.3 Å². The van der Waals surface area contributed by atoms with E-state index >= 15 is 0 Å². The predicted octanol–water partition coefficient (Wildman–Crippen LogP) is 2.31. The van der Waals surface area contributed by atoms with Crippen molar-refractivity contribution in [3.63, 3.8) is 0 Å². The minimum Gasteiger partial charge on any atom is -0.377 e. The Bertz CT molecular complexity index is 709. The van der Waals surface area contributed by atoms with E-state index in [1.165, 1.54) is 11.5 Å². The third kappa shape index (κ3) is 3.82. The van der Waals surface area contributed by atoms with E-state index in [0.29, 0.717) is 25.5 Å². The molecule has 0 saturated carbocycles. The van der Waals surface area contributed by atoms with Gasteiger partial charge in [-0.05, 0) is 19.4 Å². The van der Waals surface area contributed by atoms with Crippen molar-refractivity contribution in [2.45, 2.75) is 25.9 Å². The zero-order chi connectivity index (χ0) is 17.9. The molecule has 2 aromatic rings. The molecule has 25 heavy (non-hydrogen) atoms. The summed E-state index contributed by atoms with van der Waals surface area (Å²) in [5, 5.41) is 0.904. The second-order valence-electron chi connectivity index (χ2n) is 6.70. The zero-order valence-electron chi connectivity index (χ0n) is 14.9. The fraction of sp³-hybridized carbons (Fsp3) is 0.500. The second-order valence-corrected chi connectivity index (χ2v) is 7.43. The van der Waals surface area contributed by atoms with E-state index in [1.807, 2.05) is 49.1 Å². The third-order valence-corrected chi connectivity index (χ3v) is 5.41. The summed E-state index contributed by atoms with van der Waals surface area (Å²) >= 11 is 1.39. The van der Waals surface area contributed by atoms with Crippen molar-refractivity contribution in [2.24, 2.45) is 0 Å². The average molecular weight is 360 g/mol. The summed E-state index contributed by atoms with van der Waals surface area (Å²) in [5.74, 6) is 0.891. The fourth-order valence-corrected chi connectivity index (χ4v) is 3.76. The Labute approximate surface area is 152 Å². The van der Waals surface area contributed by atoms with E-state index in [4.69, 9.17) is 4.74 Å². The molecule has 134 valence electrons. The molecule has 2 heterocycles. The molecule has 1 aromatic carbocycles. The van der Waals surface area contributed by atoms with Crippen molar-refractivity contribution in [2.75, 3.05) is 38.2 Å². The first-order valence-corrected chi connectivity index (χ1v) is 9.21. The first kappa shape index (κ1) is 17.8. The van der Waals surface area contributed by atoms with E-state index in [-0.39, 0.29) is 5.91 Å². The lowest BCUT2D eigenvalue weighted by Crippen LogP contribution is -2.53. The number of anilines is 1. The molecule has 0 atom stereocenters. The number of carbonyl (C=O) groups is 1. The SMILES string of the molecule is COCc1nsc(N2CCN(C(=O)C(C)(C)c3ccccc3)CC2)n1. The first-order valence-electron chi connectivity index (χ1n) is 8.43. The van der Waals surface area contributed by atoms with E-state index in [9.17, 15) is 4.79 Å². The van der Waals surface area contributed by atoms with Gasteiger partial charge in [-0.25, -0.2) is 4.98 Å². The van der Waals surface area contributed by atoms with Gasteiger partial charge in [-0.3, -0.25) is 4.79 Å². The Balaban J connectivity index is 1.62. The van der Waals surface area contributed by atoms with Crippen LogP contribution in [0, 0.1) is 0 Å². The van der Waals surface area contributed by atoms with Crippen LogP contribution < -0.4 is 4.90 Å². The lowest BCUT2D eigenvalue weighted by molar-refractivity contribution is -0.136. The van der Waals surface area contributed by atoms with Crippen LogP contribution in [-0.4, -0.2) is 53.5 Å². The molecule has 0 aliphatic carbocycles. The Kier molecular flexibility index (Phi) is 5.34. The van der Waals surface area contributed by atoms with Crippen LogP contribution in [0.5, 0.6) is 0 Å². The van der Waals surface area contributed by atoms with Crippen molar-refractivity contribution in [1.82, 2.24) is 14.3 Å². The number of rotatable bonds is 5. The molecule has 1 amide bonds. The number of benzene rings is 1. The van der Waals surface area contributed by atoms with Gasteiger partial charge in [0.05, 0.1) is 5.41 Å². The molecule has 1 fully saturated rings. The quantitative estimate of drug-likeness (QED) is 0.819. The lowest BCUT2D eigenvalue weighted by atomic mass is 9.83. The summed E-state index contributed by atoms with van der Waals surface area (Å²) in [5.41, 5.74) is 0.536. The maximum absolute atomic E-state index is 13.0. The standard InChI is InChI=1S/C18H24N4O2S/c1-18(2,14-7-5-4-6-8-14)16(23)21-9-11-22(12-10-21)17-19-15(13-24-3)20-25-17/h4-8H,9-13H2,1-3H3. The number of hydrogen-bond donors (Lipinski definition) is 0. The number of carbonyl (C=O) groups excluding carboxylic acids is 1. The van der Waals surface area contributed by atoms with Crippen molar-refractivity contribution >= 4 is 22.6 Å². The van der Waals surface area contributed by atoms with Gasteiger partial charge in [0, 0.05) is 44.8 Å². The molecule has 7 heteroatoms. The summed E-state index contributed by atoms with van der Waals surface area (Å²) in [6.45, 7) is 7.39. The predicted molar refractivity (Wildman–Crippen MR) is 98.9 cm³/mol. The zero-order valence-corrected chi connectivity index (χ0v) is 15.8. The molecule has 1 aromatic heterocycles. The van der Waals surface area contributed by atoms with E-state index in [1.54, 1.807) is 7.11 Å². The summed E-state index contributed by atoms with van der Waals surface area (Å²) in [6, 6.07) is 9.98. The molecule has 0 unspecified atom stereocenters. The Morgan fingerprint density at radius 1 is 1.20 bits per heavy atom. The van der Waals surface area contributed by atoms with E-state index < -0.39 is 5.41 Å². The van der Waals surface area contributed by atoms with Crippen LogP contribution in [0.25, 0.3) is 0 Å². The van der Waals surface area contributed by atoms with Gasteiger partial charge >= 0.3 is 0 Å². The van der Waals surface area contributed by atoms with Crippen LogP contribution in [-0.2, 0) is 21.6 Å². The Morgan fingerprint density at radius 3 is 2.52 bits per heavy atom. The number of hydrogen-bond acceptors (Lipinski definition) is 6. The molecule has 0 N–H and O–H groups in total. The highest BCUT2D eigenvalue weighted by Crippen LogP contribution is 2.27. The number of ether oxygens (including phenoxy) is 1. The minimum atomic E-state index is -0.516.